The van der Waals surface area contributed by atoms with Gasteiger partial charge in [-0.1, -0.05) is 41.5 Å². The van der Waals surface area contributed by atoms with Gasteiger partial charge >= 0.3 is 0 Å². The van der Waals surface area contributed by atoms with Crippen LogP contribution in [0.2, 0.25) is 5.31 Å². The lowest BCUT2D eigenvalue weighted by molar-refractivity contribution is 0.353. The first-order valence-corrected chi connectivity index (χ1v) is 5.28. The summed E-state index contributed by atoms with van der Waals surface area (Å²) in [5.41, 5.74) is 0.284. The molecule has 0 saturated heterocycles. The van der Waals surface area contributed by atoms with Crippen molar-refractivity contribution < 1.29 is 0 Å². The molecule has 0 radical (unpaired) electrons. The zero-order valence-corrected chi connectivity index (χ0v) is 10.7. The van der Waals surface area contributed by atoms with E-state index in [1.807, 2.05) is 0 Å². The molecule has 0 heterocycles. The summed E-state index contributed by atoms with van der Waals surface area (Å²) in [6.45, 7) is 13.8. The number of hydrogen-bond acceptors (Lipinski definition) is 1. The normalized spacial score (nSPS) is 13.9. The van der Waals surface area contributed by atoms with Crippen molar-refractivity contribution in [2.24, 2.45) is 5.92 Å². The molecule has 0 bridgehead atoms. The predicted octanol–water partition coefficient (Wildman–Crippen LogP) is 1.49. The van der Waals surface area contributed by atoms with Crippen LogP contribution in [0, 0.1) is 5.92 Å². The minimum atomic E-state index is 0.284. The molecule has 0 aliphatic rings. The van der Waals surface area contributed by atoms with E-state index in [9.17, 15) is 0 Å². The summed E-state index contributed by atoms with van der Waals surface area (Å²) in [7, 11) is 5.64. The summed E-state index contributed by atoms with van der Waals surface area (Å²) in [5.74, 6) is 0.734. The molecule has 1 nitrogen and oxygen atoms in total. The van der Waals surface area contributed by atoms with Crippen molar-refractivity contribution in [3.8, 4) is 0 Å². The Morgan fingerprint density at radius 1 is 1.15 bits per heavy atom. The van der Waals surface area contributed by atoms with Crippen LogP contribution in [0.3, 0.4) is 0 Å². The van der Waals surface area contributed by atoms with Crippen LogP contribution in [0.15, 0.2) is 0 Å². The zero-order valence-electron chi connectivity index (χ0n) is 10.7. The van der Waals surface area contributed by atoms with Crippen molar-refractivity contribution in [1.29, 1.82) is 0 Å². The highest BCUT2D eigenvalue weighted by Gasteiger charge is 2.29. The summed E-state index contributed by atoms with van der Waals surface area (Å²) in [6.07, 6.45) is 0. The first-order chi connectivity index (χ1) is 5.57. The minimum absolute atomic E-state index is 0.284. The fourth-order valence-corrected chi connectivity index (χ4v) is 1.03. The van der Waals surface area contributed by atoms with Gasteiger partial charge in [-0.15, -0.1) is 0 Å². The highest BCUT2D eigenvalue weighted by atomic mass is 15.1. The highest BCUT2D eigenvalue weighted by molar-refractivity contribution is 6.38. The molecular weight excluding hydrogens is 156 g/mol. The Labute approximate surface area is 85.9 Å². The van der Waals surface area contributed by atoms with Gasteiger partial charge in [-0.3, -0.25) is 0 Å². The third-order valence-electron chi connectivity index (χ3n) is 3.35. The molecule has 0 aliphatic heterocycles. The van der Waals surface area contributed by atoms with Gasteiger partial charge in [-0.25, -0.2) is 0 Å². The van der Waals surface area contributed by atoms with Crippen LogP contribution in [0.5, 0.6) is 0 Å². The fraction of sp³-hybridized carbons (Fsp3) is 1.00. The summed E-state index contributed by atoms with van der Waals surface area (Å²) in [6, 6.07) is 0. The van der Waals surface area contributed by atoms with Gasteiger partial charge in [0.05, 0.1) is 0 Å². The van der Waals surface area contributed by atoms with Crippen LogP contribution in [0.1, 0.15) is 41.5 Å². The van der Waals surface area contributed by atoms with Crippen LogP contribution >= 0.6 is 0 Å². The topological polar surface area (TPSA) is 3.24 Å². The van der Waals surface area contributed by atoms with E-state index in [1.54, 1.807) is 0 Å². The van der Waals surface area contributed by atoms with E-state index in [-0.39, 0.29) is 5.44 Å². The maximum Gasteiger partial charge on any atom is 0.209 e. The summed E-state index contributed by atoms with van der Waals surface area (Å²) < 4.78 is 0. The molecule has 0 atom stereocenters. The van der Waals surface area contributed by atoms with Gasteiger partial charge in [-0.05, 0) is 23.7 Å². The molecule has 0 N–H and O–H groups in total. The van der Waals surface area contributed by atoms with Gasteiger partial charge in [0.15, 0.2) is 0 Å². The van der Waals surface area contributed by atoms with Crippen molar-refractivity contribution in [2.75, 3.05) is 7.05 Å². The maximum atomic E-state index is 2.44. The van der Waals surface area contributed by atoms with Gasteiger partial charge < -0.3 is 4.81 Å². The molecule has 76 valence electrons. The minimum Gasteiger partial charge on any atom is -0.350 e. The largest absolute Gasteiger partial charge is 0.350 e. The second kappa shape index (κ2) is 4.08. The first kappa shape index (κ1) is 13.1. The van der Waals surface area contributed by atoms with Crippen molar-refractivity contribution >= 4 is 15.3 Å². The summed E-state index contributed by atoms with van der Waals surface area (Å²) in [5, 5.41) is 0.405. The van der Waals surface area contributed by atoms with Crippen molar-refractivity contribution in [2.45, 2.75) is 52.3 Å². The zero-order chi connectivity index (χ0) is 10.9. The van der Waals surface area contributed by atoms with E-state index >= 15 is 0 Å². The monoisotopic (exact) mass is 181 g/mol. The molecule has 0 unspecified atom stereocenters. The molecule has 0 rings (SSSR count). The van der Waals surface area contributed by atoms with E-state index in [1.165, 1.54) is 0 Å². The van der Waals surface area contributed by atoms with Crippen LogP contribution in [0.25, 0.3) is 0 Å². The van der Waals surface area contributed by atoms with E-state index in [2.05, 4.69) is 61.2 Å². The van der Waals surface area contributed by atoms with Gasteiger partial charge in [0.1, 0.15) is 7.85 Å². The van der Waals surface area contributed by atoms with Crippen LogP contribution in [-0.2, 0) is 0 Å². The van der Waals surface area contributed by atoms with Crippen molar-refractivity contribution in [3.05, 3.63) is 0 Å². The molecule has 0 amide bonds. The Hall–Kier alpha value is 0.0899. The molecule has 0 aliphatic carbocycles. The van der Waals surface area contributed by atoms with Crippen LogP contribution < -0.4 is 0 Å². The molecule has 0 aromatic rings. The van der Waals surface area contributed by atoms with Crippen molar-refractivity contribution in [3.63, 3.8) is 0 Å². The van der Waals surface area contributed by atoms with E-state index < -0.39 is 0 Å². The molecule has 3 heteroatoms. The quantitative estimate of drug-likeness (QED) is 0.593. The molecule has 0 fully saturated rings. The second-order valence-corrected chi connectivity index (χ2v) is 6.17. The number of nitrogens with zero attached hydrogens (tertiary/aromatic N) is 1. The SMILES string of the molecule is BC(C)(C)N(C)BC(C)(C)C(C)C. The Bertz CT molecular complexity index is 159. The Morgan fingerprint density at radius 2 is 1.54 bits per heavy atom. The summed E-state index contributed by atoms with van der Waals surface area (Å²) in [4.78, 5) is 2.44. The van der Waals surface area contributed by atoms with E-state index in [0.717, 1.165) is 13.3 Å². The van der Waals surface area contributed by atoms with Crippen LogP contribution in [0.4, 0.5) is 0 Å². The summed E-state index contributed by atoms with van der Waals surface area (Å²) >= 11 is 0. The van der Waals surface area contributed by atoms with Gasteiger partial charge in [0, 0.05) is 0 Å². The average molecular weight is 181 g/mol. The lowest BCUT2D eigenvalue weighted by Crippen LogP contribution is -2.47. The fourth-order valence-electron chi connectivity index (χ4n) is 1.03. The first-order valence-electron chi connectivity index (χ1n) is 5.28. The van der Waals surface area contributed by atoms with Gasteiger partial charge in [0.25, 0.3) is 0 Å². The highest BCUT2D eigenvalue weighted by Crippen LogP contribution is 2.34. The third-order valence-corrected chi connectivity index (χ3v) is 3.35. The standard InChI is InChI=1S/C10H25B2N/c1-8(2)9(3,4)12-13(7)10(5,6)11/h8,12H,11H2,1-7H3. The predicted molar refractivity (Wildman–Crippen MR) is 66.4 cm³/mol. The lowest BCUT2D eigenvalue weighted by atomic mass is 9.54. The lowest BCUT2D eigenvalue weighted by Gasteiger charge is -2.39. The molecule has 0 saturated carbocycles. The molecule has 0 aromatic carbocycles. The molecule has 0 aromatic heterocycles. The second-order valence-electron chi connectivity index (χ2n) is 6.17. The van der Waals surface area contributed by atoms with Gasteiger partial charge in [0.2, 0.25) is 7.41 Å². The molecule has 13 heavy (non-hydrogen) atoms. The average Bonchev–Trinajstić information content (AvgIpc) is 1.83. The smallest absolute Gasteiger partial charge is 0.209 e. The molecular formula is C10H25B2N. The number of hydrogen-bond donors (Lipinski definition) is 0. The Morgan fingerprint density at radius 3 is 1.77 bits per heavy atom. The third kappa shape index (κ3) is 4.21. The Kier molecular flexibility index (Phi) is 4.11. The molecule has 0 spiro atoms. The van der Waals surface area contributed by atoms with Crippen molar-refractivity contribution in [1.82, 2.24) is 4.81 Å². The van der Waals surface area contributed by atoms with E-state index in [4.69, 9.17) is 0 Å². The van der Waals surface area contributed by atoms with E-state index in [0.29, 0.717) is 5.31 Å². The van der Waals surface area contributed by atoms with Gasteiger partial charge in [-0.2, -0.15) is 0 Å². The number of rotatable bonds is 4. The van der Waals surface area contributed by atoms with Crippen LogP contribution in [-0.4, -0.2) is 32.6 Å². The maximum absolute atomic E-state index is 2.44. The Balaban J connectivity index is 4.28.